The first kappa shape index (κ1) is 15.3. The summed E-state index contributed by atoms with van der Waals surface area (Å²) in [5.74, 6) is 1.56. The molecule has 0 amide bonds. The standard InChI is InChI=1S/C14H20N2O2S/c1-5-8-15-14(19)16(2)10-11-6-7-12(17-3)9-13(11)18-4/h5-7,9H,1,8,10H2,2-4H3,(H,15,19). The summed E-state index contributed by atoms with van der Waals surface area (Å²) >= 11 is 5.27. The van der Waals surface area contributed by atoms with Gasteiger partial charge in [-0.05, 0) is 24.4 Å². The van der Waals surface area contributed by atoms with Crippen molar-refractivity contribution in [2.45, 2.75) is 6.54 Å². The Morgan fingerprint density at radius 2 is 2.16 bits per heavy atom. The van der Waals surface area contributed by atoms with E-state index in [0.29, 0.717) is 18.2 Å². The molecule has 104 valence electrons. The van der Waals surface area contributed by atoms with Gasteiger partial charge in [0.1, 0.15) is 11.5 Å². The molecular formula is C14H20N2O2S. The number of thiocarbonyl (C=S) groups is 1. The van der Waals surface area contributed by atoms with Crippen LogP contribution >= 0.6 is 12.2 Å². The van der Waals surface area contributed by atoms with Crippen LogP contribution in [0.25, 0.3) is 0 Å². The Morgan fingerprint density at radius 3 is 2.74 bits per heavy atom. The van der Waals surface area contributed by atoms with Crippen LogP contribution in [0.3, 0.4) is 0 Å². The van der Waals surface area contributed by atoms with Crippen molar-refractivity contribution in [2.75, 3.05) is 27.8 Å². The van der Waals surface area contributed by atoms with Gasteiger partial charge in [-0.15, -0.1) is 6.58 Å². The third-order valence-electron chi connectivity index (χ3n) is 2.65. The number of nitrogens with one attached hydrogen (secondary N) is 1. The van der Waals surface area contributed by atoms with E-state index in [2.05, 4.69) is 11.9 Å². The average Bonchev–Trinajstić information content (AvgIpc) is 2.44. The lowest BCUT2D eigenvalue weighted by molar-refractivity contribution is 0.383. The number of benzene rings is 1. The van der Waals surface area contributed by atoms with Gasteiger partial charge in [0.2, 0.25) is 0 Å². The minimum absolute atomic E-state index is 0.656. The first-order chi connectivity index (χ1) is 9.12. The molecule has 0 saturated carbocycles. The second-order valence-corrected chi connectivity index (χ2v) is 4.40. The van der Waals surface area contributed by atoms with Gasteiger partial charge in [-0.1, -0.05) is 6.08 Å². The van der Waals surface area contributed by atoms with Crippen molar-refractivity contribution >= 4 is 17.3 Å². The van der Waals surface area contributed by atoms with Gasteiger partial charge >= 0.3 is 0 Å². The van der Waals surface area contributed by atoms with Gasteiger partial charge in [-0.25, -0.2) is 0 Å². The molecule has 0 aliphatic heterocycles. The molecule has 0 aliphatic carbocycles. The van der Waals surface area contributed by atoms with Gasteiger partial charge in [-0.2, -0.15) is 0 Å². The van der Waals surface area contributed by atoms with Gasteiger partial charge in [0, 0.05) is 31.8 Å². The summed E-state index contributed by atoms with van der Waals surface area (Å²) in [6, 6.07) is 5.75. The summed E-state index contributed by atoms with van der Waals surface area (Å²) in [4.78, 5) is 1.95. The highest BCUT2D eigenvalue weighted by Gasteiger charge is 2.09. The lowest BCUT2D eigenvalue weighted by atomic mass is 10.2. The number of rotatable bonds is 6. The number of methoxy groups -OCH3 is 2. The predicted octanol–water partition coefficient (Wildman–Crippen LogP) is 2.20. The maximum Gasteiger partial charge on any atom is 0.169 e. The van der Waals surface area contributed by atoms with Crippen LogP contribution in [0.2, 0.25) is 0 Å². The lowest BCUT2D eigenvalue weighted by Gasteiger charge is -2.22. The third-order valence-corrected chi connectivity index (χ3v) is 3.10. The SMILES string of the molecule is C=CCNC(=S)N(C)Cc1ccc(OC)cc1OC. The largest absolute Gasteiger partial charge is 0.497 e. The monoisotopic (exact) mass is 280 g/mol. The van der Waals surface area contributed by atoms with Crippen molar-refractivity contribution in [1.82, 2.24) is 10.2 Å². The Labute approximate surface area is 120 Å². The van der Waals surface area contributed by atoms with Crippen molar-refractivity contribution in [3.63, 3.8) is 0 Å². The zero-order valence-corrected chi connectivity index (χ0v) is 12.4. The second-order valence-electron chi connectivity index (χ2n) is 4.01. The van der Waals surface area contributed by atoms with Gasteiger partial charge in [0.15, 0.2) is 5.11 Å². The van der Waals surface area contributed by atoms with E-state index in [4.69, 9.17) is 21.7 Å². The van der Waals surface area contributed by atoms with Gasteiger partial charge in [0.25, 0.3) is 0 Å². The van der Waals surface area contributed by atoms with Crippen LogP contribution in [0.15, 0.2) is 30.9 Å². The van der Waals surface area contributed by atoms with E-state index in [9.17, 15) is 0 Å². The average molecular weight is 280 g/mol. The van der Waals surface area contributed by atoms with Crippen molar-refractivity contribution in [1.29, 1.82) is 0 Å². The van der Waals surface area contributed by atoms with Crippen LogP contribution in [0.1, 0.15) is 5.56 Å². The first-order valence-corrected chi connectivity index (χ1v) is 6.34. The lowest BCUT2D eigenvalue weighted by Crippen LogP contribution is -2.36. The van der Waals surface area contributed by atoms with Crippen LogP contribution < -0.4 is 14.8 Å². The molecule has 19 heavy (non-hydrogen) atoms. The zero-order valence-electron chi connectivity index (χ0n) is 11.6. The fraction of sp³-hybridized carbons (Fsp3) is 0.357. The molecule has 4 nitrogen and oxygen atoms in total. The van der Waals surface area contributed by atoms with Crippen LogP contribution in [0.5, 0.6) is 11.5 Å². The number of ether oxygens (including phenoxy) is 2. The van der Waals surface area contributed by atoms with Crippen LogP contribution in [0, 0.1) is 0 Å². The predicted molar refractivity (Wildman–Crippen MR) is 81.8 cm³/mol. The maximum absolute atomic E-state index is 5.36. The molecule has 1 aromatic carbocycles. The quantitative estimate of drug-likeness (QED) is 0.638. The molecule has 0 heterocycles. The topological polar surface area (TPSA) is 33.7 Å². The number of nitrogens with zero attached hydrogens (tertiary/aromatic N) is 1. The van der Waals surface area contributed by atoms with E-state index in [-0.39, 0.29) is 0 Å². The summed E-state index contributed by atoms with van der Waals surface area (Å²) < 4.78 is 10.5. The van der Waals surface area contributed by atoms with Crippen LogP contribution in [0.4, 0.5) is 0 Å². The first-order valence-electron chi connectivity index (χ1n) is 5.93. The van der Waals surface area contributed by atoms with Crippen molar-refractivity contribution in [3.8, 4) is 11.5 Å². The molecule has 1 aromatic rings. The Hall–Kier alpha value is -1.75. The van der Waals surface area contributed by atoms with E-state index in [0.717, 1.165) is 17.1 Å². The fourth-order valence-corrected chi connectivity index (χ4v) is 1.75. The van der Waals surface area contributed by atoms with Crippen molar-refractivity contribution < 1.29 is 9.47 Å². The molecule has 1 N–H and O–H groups in total. The summed E-state index contributed by atoms with van der Waals surface area (Å²) in [5, 5.41) is 3.76. The van der Waals surface area contributed by atoms with Gasteiger partial charge < -0.3 is 19.7 Å². The summed E-state index contributed by atoms with van der Waals surface area (Å²) in [6.07, 6.45) is 1.77. The summed E-state index contributed by atoms with van der Waals surface area (Å²) in [6.45, 7) is 4.97. The molecule has 0 aliphatic rings. The van der Waals surface area contributed by atoms with Crippen LogP contribution in [-0.2, 0) is 6.54 Å². The molecule has 1 rings (SSSR count). The minimum atomic E-state index is 0.656. The van der Waals surface area contributed by atoms with Gasteiger partial charge in [-0.3, -0.25) is 0 Å². The molecule has 0 radical (unpaired) electrons. The second kappa shape index (κ2) is 7.63. The van der Waals surface area contributed by atoms with Gasteiger partial charge in [0.05, 0.1) is 14.2 Å². The molecule has 0 fully saturated rings. The molecule has 0 atom stereocenters. The van der Waals surface area contributed by atoms with Crippen molar-refractivity contribution in [2.24, 2.45) is 0 Å². The van der Waals surface area contributed by atoms with E-state index in [1.165, 1.54) is 0 Å². The highest BCUT2D eigenvalue weighted by atomic mass is 32.1. The maximum atomic E-state index is 5.36. The molecule has 0 spiro atoms. The van der Waals surface area contributed by atoms with Crippen LogP contribution in [-0.4, -0.2) is 37.8 Å². The van der Waals surface area contributed by atoms with E-state index >= 15 is 0 Å². The highest BCUT2D eigenvalue weighted by Crippen LogP contribution is 2.25. The number of hydrogen-bond donors (Lipinski definition) is 1. The summed E-state index contributed by atoms with van der Waals surface area (Å²) in [5.41, 5.74) is 1.05. The Kier molecular flexibility index (Phi) is 6.15. The third kappa shape index (κ3) is 4.44. The van der Waals surface area contributed by atoms with E-state index in [1.54, 1.807) is 20.3 Å². The molecule has 0 aromatic heterocycles. The zero-order chi connectivity index (χ0) is 14.3. The molecule has 0 saturated heterocycles. The fourth-order valence-electron chi connectivity index (χ4n) is 1.60. The van der Waals surface area contributed by atoms with E-state index in [1.807, 2.05) is 30.1 Å². The summed E-state index contributed by atoms with van der Waals surface area (Å²) in [7, 11) is 5.21. The molecule has 0 unspecified atom stereocenters. The normalized spacial score (nSPS) is 9.63. The van der Waals surface area contributed by atoms with Crippen molar-refractivity contribution in [3.05, 3.63) is 36.4 Å². The highest BCUT2D eigenvalue weighted by molar-refractivity contribution is 7.80. The molecule has 5 heteroatoms. The Balaban J connectivity index is 2.75. The molecular weight excluding hydrogens is 260 g/mol. The minimum Gasteiger partial charge on any atom is -0.497 e. The molecule has 0 bridgehead atoms. The number of hydrogen-bond acceptors (Lipinski definition) is 3. The Bertz CT molecular complexity index is 449. The smallest absolute Gasteiger partial charge is 0.169 e. The van der Waals surface area contributed by atoms with E-state index < -0.39 is 0 Å². The Morgan fingerprint density at radius 1 is 1.42 bits per heavy atom.